The lowest BCUT2D eigenvalue weighted by atomic mass is 9.85. The number of rotatable bonds is 39. The van der Waals surface area contributed by atoms with Gasteiger partial charge in [0, 0.05) is 64.8 Å². The fourth-order valence-corrected chi connectivity index (χ4v) is 12.8. The third-order valence-corrected chi connectivity index (χ3v) is 17.8. The average Bonchev–Trinajstić information content (AvgIpc) is 4.21. The summed E-state index contributed by atoms with van der Waals surface area (Å²) < 4.78 is 0. The lowest BCUT2D eigenvalue weighted by molar-refractivity contribution is -0.121. The smallest absolute Gasteiger partial charge is 0.253 e. The minimum Gasteiger partial charge on any atom is -0.356 e. The fraction of sp³-hybridized carbons (Fsp3) is 0.706. The summed E-state index contributed by atoms with van der Waals surface area (Å²) in [6.07, 6.45) is 46.8. The maximum absolute atomic E-state index is 14.3. The highest BCUT2D eigenvalue weighted by atomic mass is 16.2. The number of fused-ring (bicyclic) bond motifs is 8. The molecular formula is C68H108N6O2. The van der Waals surface area contributed by atoms with Gasteiger partial charge in [0.1, 0.15) is 0 Å². The first kappa shape index (κ1) is 61.0. The van der Waals surface area contributed by atoms with E-state index < -0.39 is 0 Å². The van der Waals surface area contributed by atoms with E-state index in [-0.39, 0.29) is 23.7 Å². The molecule has 8 bridgehead atoms. The van der Waals surface area contributed by atoms with Gasteiger partial charge < -0.3 is 20.6 Å². The molecule has 8 nitrogen and oxygen atoms in total. The number of H-pyrrole nitrogens is 2. The normalized spacial score (nSPS) is 15.1. The molecule has 3 aliphatic rings. The maximum atomic E-state index is 14.3. The highest BCUT2D eigenvalue weighted by Gasteiger charge is 2.36. The highest BCUT2D eigenvalue weighted by molar-refractivity contribution is 6.05. The lowest BCUT2D eigenvalue weighted by Crippen LogP contribution is -2.24. The summed E-state index contributed by atoms with van der Waals surface area (Å²) in [5.74, 6) is 0.305. The molecule has 4 N–H and O–H groups in total. The van der Waals surface area contributed by atoms with Crippen molar-refractivity contribution in [3.05, 3.63) is 68.8 Å². The van der Waals surface area contributed by atoms with E-state index in [4.69, 9.17) is 9.97 Å². The second-order valence-corrected chi connectivity index (χ2v) is 23.8. The molecule has 5 heterocycles. The van der Waals surface area contributed by atoms with Crippen LogP contribution in [-0.2, 0) is 17.6 Å². The van der Waals surface area contributed by atoms with E-state index in [1.54, 1.807) is 0 Å². The zero-order valence-corrected chi connectivity index (χ0v) is 49.7. The third kappa shape index (κ3) is 18.5. The number of aromatic amines is 2. The van der Waals surface area contributed by atoms with Gasteiger partial charge in [0.05, 0.1) is 22.5 Å². The SMILES string of the molecule is CCCCCCCCCCCCCCCCCCNC(=O)CC[C@@H]1c2nc(cc3[nH]c(cc4[nH]c(cc5nc6c2CCC6=C5C)c(CC)c4C)c(C(=O)NCCCCCCCCCCCCCCCCCC)c3C)[C@H]1C. The van der Waals surface area contributed by atoms with Gasteiger partial charge in [0.25, 0.3) is 5.91 Å². The van der Waals surface area contributed by atoms with Gasteiger partial charge in [-0.15, -0.1) is 0 Å². The van der Waals surface area contributed by atoms with Crippen molar-refractivity contribution in [1.29, 1.82) is 0 Å². The molecule has 0 saturated heterocycles. The molecule has 0 aromatic carbocycles. The summed E-state index contributed by atoms with van der Waals surface area (Å²) in [7, 11) is 0. The molecule has 2 aliphatic heterocycles. The lowest BCUT2D eigenvalue weighted by Gasteiger charge is -2.17. The van der Waals surface area contributed by atoms with E-state index in [1.807, 2.05) is 0 Å². The van der Waals surface area contributed by atoms with Gasteiger partial charge in [-0.25, -0.2) is 4.98 Å². The summed E-state index contributed by atoms with van der Waals surface area (Å²) in [6, 6.07) is 6.57. The van der Waals surface area contributed by atoms with Crippen molar-refractivity contribution in [3.63, 3.8) is 0 Å². The van der Waals surface area contributed by atoms with Crippen LogP contribution in [0.25, 0.3) is 33.2 Å². The van der Waals surface area contributed by atoms with Gasteiger partial charge in [-0.2, -0.15) is 0 Å². The Bertz CT molecular complexity index is 2440. The molecule has 0 fully saturated rings. The highest BCUT2D eigenvalue weighted by Crippen LogP contribution is 2.47. The second-order valence-electron chi connectivity index (χ2n) is 23.8. The Morgan fingerprint density at radius 3 is 1.53 bits per heavy atom. The molecule has 8 heteroatoms. The number of amides is 2. The van der Waals surface area contributed by atoms with Gasteiger partial charge in [0.2, 0.25) is 5.91 Å². The Balaban J connectivity index is 1.06. The fourth-order valence-electron chi connectivity index (χ4n) is 12.8. The number of aryl methyl sites for hydroxylation is 3. The van der Waals surface area contributed by atoms with Crippen LogP contribution >= 0.6 is 0 Å². The van der Waals surface area contributed by atoms with Crippen molar-refractivity contribution in [2.75, 3.05) is 13.1 Å². The van der Waals surface area contributed by atoms with Crippen LogP contribution in [0, 0.1) is 13.8 Å². The van der Waals surface area contributed by atoms with Crippen molar-refractivity contribution < 1.29 is 9.59 Å². The first-order valence-corrected chi connectivity index (χ1v) is 32.2. The van der Waals surface area contributed by atoms with Gasteiger partial charge in [0.15, 0.2) is 0 Å². The second kappa shape index (κ2) is 33.9. The minimum atomic E-state index is -0.0276. The number of hydrogen-bond donors (Lipinski definition) is 4. The van der Waals surface area contributed by atoms with E-state index >= 15 is 0 Å². The van der Waals surface area contributed by atoms with E-state index in [1.165, 1.54) is 214 Å². The van der Waals surface area contributed by atoms with Crippen LogP contribution < -0.4 is 10.6 Å². The van der Waals surface area contributed by atoms with Gasteiger partial charge >= 0.3 is 0 Å². The van der Waals surface area contributed by atoms with Crippen LogP contribution in [0.3, 0.4) is 0 Å². The zero-order valence-electron chi connectivity index (χ0n) is 49.7. The zero-order chi connectivity index (χ0) is 53.9. The van der Waals surface area contributed by atoms with Crippen LogP contribution in [0.5, 0.6) is 0 Å². The monoisotopic (exact) mass is 1040 g/mol. The molecule has 76 heavy (non-hydrogen) atoms. The maximum Gasteiger partial charge on any atom is 0.253 e. The predicted octanol–water partition coefficient (Wildman–Crippen LogP) is 19.4. The van der Waals surface area contributed by atoms with Crippen LogP contribution in [0.4, 0.5) is 0 Å². The van der Waals surface area contributed by atoms with Crippen molar-refractivity contribution in [1.82, 2.24) is 30.6 Å². The average molecular weight is 1040 g/mol. The predicted molar refractivity (Wildman–Crippen MR) is 325 cm³/mol. The molecule has 0 radical (unpaired) electrons. The summed E-state index contributed by atoms with van der Waals surface area (Å²) in [4.78, 5) is 46.2. The van der Waals surface area contributed by atoms with Gasteiger partial charge in [-0.3, -0.25) is 14.6 Å². The van der Waals surface area contributed by atoms with Crippen molar-refractivity contribution in [3.8, 4) is 0 Å². The Labute approximate surface area is 462 Å². The van der Waals surface area contributed by atoms with Gasteiger partial charge in [-0.1, -0.05) is 220 Å². The van der Waals surface area contributed by atoms with Crippen LogP contribution in [0.1, 0.15) is 327 Å². The van der Waals surface area contributed by atoms with Crippen LogP contribution in [0.15, 0.2) is 18.2 Å². The summed E-state index contributed by atoms with van der Waals surface area (Å²) in [5, 5.41) is 6.61. The van der Waals surface area contributed by atoms with E-state index in [0.29, 0.717) is 18.5 Å². The largest absolute Gasteiger partial charge is 0.356 e. The summed E-state index contributed by atoms with van der Waals surface area (Å²) in [6.45, 7) is 17.0. The quantitative estimate of drug-likeness (QED) is 0.0426. The molecule has 3 aromatic rings. The summed E-state index contributed by atoms with van der Waals surface area (Å²) in [5.41, 5.74) is 15.9. The number of allylic oxidation sites excluding steroid dienone is 2. The molecular weight excluding hydrogens is 933 g/mol. The van der Waals surface area contributed by atoms with Gasteiger partial charge in [-0.05, 0) is 105 Å². The summed E-state index contributed by atoms with van der Waals surface area (Å²) >= 11 is 0. The Kier molecular flexibility index (Phi) is 27.3. The molecule has 0 unspecified atom stereocenters. The number of hydrogen-bond acceptors (Lipinski definition) is 4. The molecule has 0 saturated carbocycles. The number of carbonyl (C=O) groups excluding carboxylic acids is 2. The number of nitrogens with zero attached hydrogens (tertiary/aromatic N) is 2. The van der Waals surface area contributed by atoms with E-state index in [0.717, 1.165) is 102 Å². The molecule has 1 aliphatic carbocycles. The Hall–Kier alpha value is -4.20. The Morgan fingerprint density at radius 1 is 0.539 bits per heavy atom. The third-order valence-electron chi connectivity index (χ3n) is 17.8. The molecule has 0 spiro atoms. The van der Waals surface area contributed by atoms with Crippen LogP contribution in [0.2, 0.25) is 0 Å². The van der Waals surface area contributed by atoms with Crippen molar-refractivity contribution in [2.45, 2.75) is 298 Å². The molecule has 2 atom stereocenters. The minimum absolute atomic E-state index is 0.0276. The van der Waals surface area contributed by atoms with Crippen LogP contribution in [-0.4, -0.2) is 44.8 Å². The molecule has 6 rings (SSSR count). The van der Waals surface area contributed by atoms with Crippen molar-refractivity contribution >= 4 is 45.0 Å². The number of nitrogens with one attached hydrogen (secondary N) is 4. The standard InChI is InChI=1S/C68H108N6O2/c1-8-11-13-15-17-19-21-23-25-27-29-31-33-35-37-39-45-69-64(75)44-43-56-52(6)59-47-61-53(7)65(68(76)70-46-40-38-36-34-32-30-28-26-24-22-20-18-16-14-12-9-2)63(72-61)49-58-50(4)54(10-3)62(71-58)48-60-51(5)55-41-42-57(66(55)74-60)67(56)73-59/h47-49,52,56,71-72H,8-46H2,1-7H3,(H,69,75)(H,70,76)/t52-,56-/m0/s1. The Morgan fingerprint density at radius 2 is 1.01 bits per heavy atom. The van der Waals surface area contributed by atoms with Crippen molar-refractivity contribution in [2.24, 2.45) is 0 Å². The molecule has 422 valence electrons. The number of carbonyl (C=O) groups is 2. The number of unbranched alkanes of at least 4 members (excludes halogenated alkanes) is 30. The van der Waals surface area contributed by atoms with E-state index in [2.05, 4.69) is 87.3 Å². The molecule has 2 amide bonds. The topological polar surface area (TPSA) is 116 Å². The first-order valence-electron chi connectivity index (χ1n) is 32.2. The molecule has 3 aromatic heterocycles. The van der Waals surface area contributed by atoms with E-state index in [9.17, 15) is 9.59 Å². The number of aromatic nitrogens is 4. The first-order chi connectivity index (χ1) is 37.2.